The van der Waals surface area contributed by atoms with Gasteiger partial charge < -0.3 is 5.32 Å². The van der Waals surface area contributed by atoms with E-state index >= 15 is 0 Å². The van der Waals surface area contributed by atoms with E-state index in [0.717, 1.165) is 0 Å². The molecule has 0 aliphatic carbocycles. The average molecular weight is 98.1 g/mol. The van der Waals surface area contributed by atoms with Crippen molar-refractivity contribution in [2.45, 2.75) is 6.42 Å². The Kier molecular flexibility index (Phi) is 4.22. The van der Waals surface area contributed by atoms with Crippen molar-refractivity contribution >= 4 is 6.41 Å². The van der Waals surface area contributed by atoms with Crippen molar-refractivity contribution in [3.63, 3.8) is 0 Å². The Morgan fingerprint density at radius 1 is 1.86 bits per heavy atom. The van der Waals surface area contributed by atoms with Gasteiger partial charge in [0.2, 0.25) is 6.41 Å². The molecule has 0 aromatic carbocycles. The highest BCUT2D eigenvalue weighted by Gasteiger charge is 1.75. The van der Waals surface area contributed by atoms with Gasteiger partial charge in [-0.3, -0.25) is 4.79 Å². The van der Waals surface area contributed by atoms with E-state index in [0.29, 0.717) is 19.4 Å². The summed E-state index contributed by atoms with van der Waals surface area (Å²) in [5, 5.41) is 10.2. The SMILES string of the molecule is N#CCCNC=O. The number of hydrogen-bond donors (Lipinski definition) is 1. The zero-order valence-corrected chi connectivity index (χ0v) is 3.85. The third-order valence-corrected chi connectivity index (χ3v) is 0.464. The highest BCUT2D eigenvalue weighted by atomic mass is 16.1. The summed E-state index contributed by atoms with van der Waals surface area (Å²) >= 11 is 0. The standard InChI is InChI=1S/C4H6N2O/c5-2-1-3-6-4-7/h4H,1,3H2,(H,6,7). The van der Waals surface area contributed by atoms with Crippen LogP contribution in [0.25, 0.3) is 0 Å². The van der Waals surface area contributed by atoms with E-state index in [1.54, 1.807) is 0 Å². The molecule has 0 aromatic rings. The molecule has 0 aromatic heterocycles. The maximum Gasteiger partial charge on any atom is 0.207 e. The smallest absolute Gasteiger partial charge is 0.207 e. The molecule has 7 heavy (non-hydrogen) atoms. The van der Waals surface area contributed by atoms with Crippen molar-refractivity contribution in [2.75, 3.05) is 6.54 Å². The topological polar surface area (TPSA) is 52.9 Å². The molecule has 0 unspecified atom stereocenters. The molecule has 0 atom stereocenters. The zero-order chi connectivity index (χ0) is 5.54. The highest BCUT2D eigenvalue weighted by molar-refractivity contribution is 5.45. The Hall–Kier alpha value is -1.04. The van der Waals surface area contributed by atoms with E-state index in [9.17, 15) is 4.79 Å². The van der Waals surface area contributed by atoms with Crippen molar-refractivity contribution in [1.29, 1.82) is 5.26 Å². The molecule has 1 N–H and O–H groups in total. The van der Waals surface area contributed by atoms with Crippen LogP contribution < -0.4 is 5.32 Å². The molecule has 3 nitrogen and oxygen atoms in total. The van der Waals surface area contributed by atoms with Crippen molar-refractivity contribution in [3.05, 3.63) is 0 Å². The van der Waals surface area contributed by atoms with Gasteiger partial charge in [-0.05, 0) is 0 Å². The normalized spacial score (nSPS) is 6.71. The third kappa shape index (κ3) is 4.96. The Morgan fingerprint density at radius 3 is 3.00 bits per heavy atom. The first-order valence-corrected chi connectivity index (χ1v) is 1.96. The van der Waals surface area contributed by atoms with Gasteiger partial charge in [0.25, 0.3) is 0 Å². The van der Waals surface area contributed by atoms with E-state index in [4.69, 9.17) is 5.26 Å². The molecule has 0 heterocycles. The molecule has 38 valence electrons. The fourth-order valence-electron chi connectivity index (χ4n) is 0.187. The van der Waals surface area contributed by atoms with Crippen LogP contribution in [0.3, 0.4) is 0 Å². The van der Waals surface area contributed by atoms with Crippen LogP contribution in [0.2, 0.25) is 0 Å². The second-order valence-electron chi connectivity index (χ2n) is 0.980. The number of hydrogen-bond acceptors (Lipinski definition) is 2. The molecule has 0 saturated carbocycles. The number of rotatable bonds is 3. The average Bonchev–Trinajstić information content (AvgIpc) is 1.69. The Morgan fingerprint density at radius 2 is 2.57 bits per heavy atom. The van der Waals surface area contributed by atoms with Crippen molar-refractivity contribution in [3.8, 4) is 6.07 Å². The second-order valence-corrected chi connectivity index (χ2v) is 0.980. The predicted molar refractivity (Wildman–Crippen MR) is 24.3 cm³/mol. The van der Waals surface area contributed by atoms with E-state index < -0.39 is 0 Å². The number of amides is 1. The summed E-state index contributed by atoms with van der Waals surface area (Å²) in [6, 6.07) is 1.88. The quantitative estimate of drug-likeness (QED) is 0.387. The zero-order valence-electron chi connectivity index (χ0n) is 3.85. The van der Waals surface area contributed by atoms with E-state index in [2.05, 4.69) is 5.32 Å². The molecule has 0 aliphatic heterocycles. The van der Waals surface area contributed by atoms with Gasteiger partial charge in [0.05, 0.1) is 12.5 Å². The second kappa shape index (κ2) is 4.96. The number of nitriles is 1. The van der Waals surface area contributed by atoms with Gasteiger partial charge >= 0.3 is 0 Å². The van der Waals surface area contributed by atoms with Gasteiger partial charge in [-0.25, -0.2) is 0 Å². The number of carbonyl (C=O) groups excluding carboxylic acids is 1. The van der Waals surface area contributed by atoms with E-state index in [1.807, 2.05) is 6.07 Å². The number of carbonyl (C=O) groups is 1. The van der Waals surface area contributed by atoms with Gasteiger partial charge in [0.15, 0.2) is 0 Å². The lowest BCUT2D eigenvalue weighted by Crippen LogP contribution is -2.10. The Bertz CT molecular complexity index is 84.2. The molecule has 0 spiro atoms. The van der Waals surface area contributed by atoms with Gasteiger partial charge in [0, 0.05) is 6.54 Å². The molecule has 3 heteroatoms. The first-order valence-electron chi connectivity index (χ1n) is 1.96. The first-order chi connectivity index (χ1) is 3.41. The minimum atomic E-state index is 0.388. The molecule has 0 rings (SSSR count). The van der Waals surface area contributed by atoms with Gasteiger partial charge in [-0.1, -0.05) is 0 Å². The lowest BCUT2D eigenvalue weighted by molar-refractivity contribution is -0.109. The van der Waals surface area contributed by atoms with Crippen LogP contribution in [0.1, 0.15) is 6.42 Å². The Balaban J connectivity index is 2.72. The summed E-state index contributed by atoms with van der Waals surface area (Å²) in [5.41, 5.74) is 0. The maximum absolute atomic E-state index is 9.46. The third-order valence-electron chi connectivity index (χ3n) is 0.464. The van der Waals surface area contributed by atoms with Crippen LogP contribution in [0.4, 0.5) is 0 Å². The maximum atomic E-state index is 9.46. The van der Waals surface area contributed by atoms with Crippen LogP contribution in [-0.2, 0) is 4.79 Å². The van der Waals surface area contributed by atoms with Gasteiger partial charge in [-0.15, -0.1) is 0 Å². The summed E-state index contributed by atoms with van der Waals surface area (Å²) in [7, 11) is 0. The minimum Gasteiger partial charge on any atom is -0.358 e. The fourth-order valence-corrected chi connectivity index (χ4v) is 0.187. The Labute approximate surface area is 41.9 Å². The number of nitrogens with zero attached hydrogens (tertiary/aromatic N) is 1. The van der Waals surface area contributed by atoms with Crippen molar-refractivity contribution in [2.24, 2.45) is 0 Å². The van der Waals surface area contributed by atoms with Gasteiger partial charge in [0.1, 0.15) is 0 Å². The molecular weight excluding hydrogens is 92.1 g/mol. The highest BCUT2D eigenvalue weighted by Crippen LogP contribution is 1.64. The molecule has 1 amide bonds. The minimum absolute atomic E-state index is 0.388. The molecule has 0 bridgehead atoms. The van der Waals surface area contributed by atoms with Crippen LogP contribution in [0.15, 0.2) is 0 Å². The van der Waals surface area contributed by atoms with Crippen LogP contribution in [-0.4, -0.2) is 13.0 Å². The van der Waals surface area contributed by atoms with E-state index in [1.165, 1.54) is 0 Å². The summed E-state index contributed by atoms with van der Waals surface area (Å²) in [5.74, 6) is 0. The lowest BCUT2D eigenvalue weighted by atomic mass is 10.5. The summed E-state index contributed by atoms with van der Waals surface area (Å²) < 4.78 is 0. The first kappa shape index (κ1) is 5.96. The van der Waals surface area contributed by atoms with Crippen molar-refractivity contribution < 1.29 is 4.79 Å². The predicted octanol–water partition coefficient (Wildman–Crippen LogP) is -0.354. The molecule has 0 saturated heterocycles. The summed E-state index contributed by atoms with van der Waals surface area (Å²) in [4.78, 5) is 9.46. The lowest BCUT2D eigenvalue weighted by Gasteiger charge is -1.84. The van der Waals surface area contributed by atoms with Crippen molar-refractivity contribution in [1.82, 2.24) is 5.32 Å². The number of nitrogens with one attached hydrogen (secondary N) is 1. The molecule has 0 radical (unpaired) electrons. The van der Waals surface area contributed by atoms with Crippen LogP contribution in [0.5, 0.6) is 0 Å². The van der Waals surface area contributed by atoms with Crippen LogP contribution in [0, 0.1) is 11.3 Å². The summed E-state index contributed by atoms with van der Waals surface area (Å²) in [6.07, 6.45) is 0.968. The van der Waals surface area contributed by atoms with E-state index in [-0.39, 0.29) is 0 Å². The molecular formula is C4H6N2O. The molecule has 0 fully saturated rings. The fraction of sp³-hybridized carbons (Fsp3) is 0.500. The molecule has 0 aliphatic rings. The van der Waals surface area contributed by atoms with Crippen LogP contribution >= 0.6 is 0 Å². The summed E-state index contributed by atoms with van der Waals surface area (Å²) in [6.45, 7) is 0.458. The van der Waals surface area contributed by atoms with Gasteiger partial charge in [-0.2, -0.15) is 5.26 Å². The largest absolute Gasteiger partial charge is 0.358 e. The monoisotopic (exact) mass is 98.0 g/mol.